The van der Waals surface area contributed by atoms with E-state index in [9.17, 15) is 9.59 Å². The first-order valence-corrected chi connectivity index (χ1v) is 9.20. The van der Waals surface area contributed by atoms with E-state index in [0.717, 1.165) is 29.7 Å². The Balaban J connectivity index is 2.14. The first-order valence-electron chi connectivity index (χ1n) is 9.20. The van der Waals surface area contributed by atoms with Crippen LogP contribution in [-0.4, -0.2) is 29.6 Å². The number of anilines is 1. The van der Waals surface area contributed by atoms with Crippen LogP contribution in [0.5, 0.6) is 0 Å². The molecule has 0 bridgehead atoms. The molecule has 1 aliphatic carbocycles. The fraction of sp³-hybridized carbons (Fsp3) is 0.600. The van der Waals surface area contributed by atoms with E-state index in [1.54, 1.807) is 0 Å². The van der Waals surface area contributed by atoms with E-state index in [-0.39, 0.29) is 24.5 Å². The van der Waals surface area contributed by atoms with Gasteiger partial charge in [-0.25, -0.2) is 0 Å². The number of aliphatic hydroxyl groups is 1. The van der Waals surface area contributed by atoms with Gasteiger partial charge in [-0.05, 0) is 48.1 Å². The summed E-state index contributed by atoms with van der Waals surface area (Å²) in [6.45, 7) is 8.29. The van der Waals surface area contributed by atoms with Crippen molar-refractivity contribution in [3.8, 4) is 0 Å². The smallest absolute Gasteiger partial charge is 0.313 e. The molecule has 138 valence electrons. The van der Waals surface area contributed by atoms with E-state index in [4.69, 9.17) is 5.11 Å². The normalized spacial score (nSPS) is 15.3. The summed E-state index contributed by atoms with van der Waals surface area (Å²) >= 11 is 0. The lowest BCUT2D eigenvalue weighted by Crippen LogP contribution is -2.43. The summed E-state index contributed by atoms with van der Waals surface area (Å²) in [5.74, 6) is -0.397. The third-order valence-electron chi connectivity index (χ3n) is 4.77. The van der Waals surface area contributed by atoms with E-state index in [1.807, 2.05) is 18.2 Å². The maximum atomic E-state index is 12.5. The third kappa shape index (κ3) is 5.05. The van der Waals surface area contributed by atoms with Gasteiger partial charge < -0.3 is 15.7 Å². The minimum atomic E-state index is -0.640. The summed E-state index contributed by atoms with van der Waals surface area (Å²) in [5.41, 5.74) is 2.81. The van der Waals surface area contributed by atoms with Gasteiger partial charge in [0.25, 0.3) is 0 Å². The van der Waals surface area contributed by atoms with E-state index >= 15 is 0 Å². The molecule has 2 rings (SSSR count). The van der Waals surface area contributed by atoms with Crippen LogP contribution in [0.3, 0.4) is 0 Å². The fourth-order valence-electron chi connectivity index (χ4n) is 3.16. The summed E-state index contributed by atoms with van der Waals surface area (Å²) in [4.78, 5) is 24.8. The second-order valence-corrected chi connectivity index (χ2v) is 7.50. The number of hydrogen-bond acceptors (Lipinski definition) is 3. The summed E-state index contributed by atoms with van der Waals surface area (Å²) in [5, 5.41) is 14.8. The molecule has 1 aromatic carbocycles. The van der Waals surface area contributed by atoms with Crippen LogP contribution in [0, 0.1) is 5.92 Å². The molecule has 1 aromatic rings. The molecule has 1 fully saturated rings. The monoisotopic (exact) mass is 346 g/mol. The highest BCUT2D eigenvalue weighted by Crippen LogP contribution is 2.34. The fourth-order valence-corrected chi connectivity index (χ4v) is 3.16. The Labute approximate surface area is 150 Å². The molecule has 5 heteroatoms. The van der Waals surface area contributed by atoms with E-state index in [2.05, 4.69) is 38.3 Å². The minimum absolute atomic E-state index is 0.0107. The molecule has 3 N–H and O–H groups in total. The molecule has 0 radical (unpaired) electrons. The number of hydrogen-bond donors (Lipinski definition) is 3. The first-order chi connectivity index (χ1) is 11.8. The molecular formula is C20H30N2O3. The van der Waals surface area contributed by atoms with Crippen molar-refractivity contribution in [2.45, 2.75) is 64.8 Å². The van der Waals surface area contributed by atoms with Crippen LogP contribution in [0.2, 0.25) is 0 Å². The number of aliphatic hydroxyl groups excluding tert-OH is 1. The SMILES string of the molecule is CC(C)c1cccc(C(C)C)c1NC(=O)C(=O)NC(CCO)C1CC1. The lowest BCUT2D eigenvalue weighted by Gasteiger charge is -2.21. The Hall–Kier alpha value is -1.88. The van der Waals surface area contributed by atoms with Crippen molar-refractivity contribution in [1.82, 2.24) is 5.32 Å². The van der Waals surface area contributed by atoms with Gasteiger partial charge in [0, 0.05) is 18.3 Å². The third-order valence-corrected chi connectivity index (χ3v) is 4.77. The van der Waals surface area contributed by atoms with Gasteiger partial charge in [-0.15, -0.1) is 0 Å². The quantitative estimate of drug-likeness (QED) is 0.664. The highest BCUT2D eigenvalue weighted by atomic mass is 16.3. The van der Waals surface area contributed by atoms with E-state index in [0.29, 0.717) is 12.3 Å². The molecule has 25 heavy (non-hydrogen) atoms. The predicted octanol–water partition coefficient (Wildman–Crippen LogP) is 3.15. The number of amides is 2. The molecule has 1 aliphatic rings. The number of rotatable bonds is 7. The van der Waals surface area contributed by atoms with Gasteiger partial charge in [0.05, 0.1) is 0 Å². The Kier molecular flexibility index (Phi) is 6.59. The molecule has 1 saturated carbocycles. The molecule has 0 spiro atoms. The van der Waals surface area contributed by atoms with E-state index in [1.165, 1.54) is 0 Å². The van der Waals surface area contributed by atoms with Crippen LogP contribution in [0.4, 0.5) is 5.69 Å². The van der Waals surface area contributed by atoms with Crippen molar-refractivity contribution in [2.75, 3.05) is 11.9 Å². The van der Waals surface area contributed by atoms with Crippen LogP contribution in [0.1, 0.15) is 69.9 Å². The molecule has 0 heterocycles. The van der Waals surface area contributed by atoms with Crippen molar-refractivity contribution < 1.29 is 14.7 Å². The molecule has 1 unspecified atom stereocenters. The molecule has 5 nitrogen and oxygen atoms in total. The summed E-state index contributed by atoms with van der Waals surface area (Å²) in [6, 6.07) is 5.85. The van der Waals surface area contributed by atoms with Crippen molar-refractivity contribution in [1.29, 1.82) is 0 Å². The number of benzene rings is 1. The van der Waals surface area contributed by atoms with Crippen molar-refractivity contribution >= 4 is 17.5 Å². The van der Waals surface area contributed by atoms with Gasteiger partial charge in [0.2, 0.25) is 0 Å². The van der Waals surface area contributed by atoms with Gasteiger partial charge in [-0.3, -0.25) is 9.59 Å². The molecule has 0 aliphatic heterocycles. The van der Waals surface area contributed by atoms with Gasteiger partial charge in [0.15, 0.2) is 0 Å². The number of nitrogens with one attached hydrogen (secondary N) is 2. The summed E-state index contributed by atoms with van der Waals surface area (Å²) in [7, 11) is 0. The van der Waals surface area contributed by atoms with Crippen LogP contribution in [0.25, 0.3) is 0 Å². The maximum Gasteiger partial charge on any atom is 0.313 e. The average Bonchev–Trinajstić information content (AvgIpc) is 3.38. The van der Waals surface area contributed by atoms with Crippen LogP contribution < -0.4 is 10.6 Å². The van der Waals surface area contributed by atoms with Crippen LogP contribution in [-0.2, 0) is 9.59 Å². The number of carbonyl (C=O) groups is 2. The van der Waals surface area contributed by atoms with Crippen molar-refractivity contribution in [3.63, 3.8) is 0 Å². The van der Waals surface area contributed by atoms with Crippen LogP contribution >= 0.6 is 0 Å². The zero-order valence-corrected chi connectivity index (χ0v) is 15.6. The molecule has 0 saturated heterocycles. The largest absolute Gasteiger partial charge is 0.396 e. The Morgan fingerprint density at radius 2 is 1.64 bits per heavy atom. The molecular weight excluding hydrogens is 316 g/mol. The standard InChI is InChI=1S/C20H30N2O3/c1-12(2)15-6-5-7-16(13(3)4)18(15)22-20(25)19(24)21-17(10-11-23)14-8-9-14/h5-7,12-14,17,23H,8-11H2,1-4H3,(H,21,24)(H,22,25). The van der Waals surface area contributed by atoms with E-state index < -0.39 is 11.8 Å². The van der Waals surface area contributed by atoms with Crippen LogP contribution in [0.15, 0.2) is 18.2 Å². The second kappa shape index (κ2) is 8.48. The lowest BCUT2D eigenvalue weighted by atomic mass is 9.92. The lowest BCUT2D eigenvalue weighted by molar-refractivity contribution is -0.136. The highest BCUT2D eigenvalue weighted by molar-refractivity contribution is 6.39. The molecule has 0 aromatic heterocycles. The zero-order chi connectivity index (χ0) is 18.6. The number of para-hydroxylation sites is 1. The van der Waals surface area contributed by atoms with Crippen molar-refractivity contribution in [3.05, 3.63) is 29.3 Å². The maximum absolute atomic E-state index is 12.5. The zero-order valence-electron chi connectivity index (χ0n) is 15.6. The predicted molar refractivity (Wildman–Crippen MR) is 99.6 cm³/mol. The Morgan fingerprint density at radius 1 is 1.08 bits per heavy atom. The van der Waals surface area contributed by atoms with Gasteiger partial charge in [-0.1, -0.05) is 45.9 Å². The van der Waals surface area contributed by atoms with Gasteiger partial charge in [-0.2, -0.15) is 0 Å². The second-order valence-electron chi connectivity index (χ2n) is 7.50. The van der Waals surface area contributed by atoms with Crippen molar-refractivity contribution in [2.24, 2.45) is 5.92 Å². The summed E-state index contributed by atoms with van der Waals surface area (Å²) in [6.07, 6.45) is 2.57. The van der Waals surface area contributed by atoms with Gasteiger partial charge in [0.1, 0.15) is 0 Å². The first kappa shape index (κ1) is 19.4. The average molecular weight is 346 g/mol. The minimum Gasteiger partial charge on any atom is -0.396 e. The Morgan fingerprint density at radius 3 is 2.08 bits per heavy atom. The highest BCUT2D eigenvalue weighted by Gasteiger charge is 2.33. The number of carbonyl (C=O) groups excluding carboxylic acids is 2. The molecule has 1 atom stereocenters. The molecule has 2 amide bonds. The Bertz CT molecular complexity index is 595. The topological polar surface area (TPSA) is 78.4 Å². The summed E-state index contributed by atoms with van der Waals surface area (Å²) < 4.78 is 0. The van der Waals surface area contributed by atoms with Gasteiger partial charge >= 0.3 is 11.8 Å².